The van der Waals surface area contributed by atoms with Gasteiger partial charge in [-0.2, -0.15) is 0 Å². The molecule has 2 aromatic rings. The molecule has 0 N–H and O–H groups in total. The van der Waals surface area contributed by atoms with Crippen molar-refractivity contribution in [2.75, 3.05) is 13.1 Å². The van der Waals surface area contributed by atoms with Gasteiger partial charge in [0.15, 0.2) is 5.78 Å². The van der Waals surface area contributed by atoms with Gasteiger partial charge >= 0.3 is 0 Å². The van der Waals surface area contributed by atoms with Crippen LogP contribution in [0, 0.1) is 11.7 Å². The standard InChI is InChI=1S/C17H20FNO2/c1-3-19(12-14-7-6-10-21-14)11-13(2)17(20)15-8-4-5-9-16(15)18/h4-10,13H,3,11-12H2,1-2H3. The van der Waals surface area contributed by atoms with Gasteiger partial charge in [-0.3, -0.25) is 9.69 Å². The van der Waals surface area contributed by atoms with Crippen LogP contribution in [0.15, 0.2) is 47.1 Å². The first-order valence-corrected chi connectivity index (χ1v) is 7.15. The largest absolute Gasteiger partial charge is 0.468 e. The average molecular weight is 289 g/mol. The first-order chi connectivity index (χ1) is 10.1. The monoisotopic (exact) mass is 289 g/mol. The van der Waals surface area contributed by atoms with Crippen LogP contribution in [-0.4, -0.2) is 23.8 Å². The van der Waals surface area contributed by atoms with Gasteiger partial charge in [-0.05, 0) is 30.8 Å². The maximum Gasteiger partial charge on any atom is 0.169 e. The highest BCUT2D eigenvalue weighted by Crippen LogP contribution is 2.15. The van der Waals surface area contributed by atoms with Crippen LogP contribution in [0.3, 0.4) is 0 Å². The lowest BCUT2D eigenvalue weighted by atomic mass is 9.98. The SMILES string of the molecule is CCN(Cc1ccco1)CC(C)C(=O)c1ccccc1F. The van der Waals surface area contributed by atoms with Crippen molar-refractivity contribution in [1.82, 2.24) is 4.90 Å². The van der Waals surface area contributed by atoms with E-state index in [0.29, 0.717) is 13.1 Å². The van der Waals surface area contributed by atoms with Crippen LogP contribution in [0.4, 0.5) is 4.39 Å². The van der Waals surface area contributed by atoms with Gasteiger partial charge < -0.3 is 4.42 Å². The summed E-state index contributed by atoms with van der Waals surface area (Å²) < 4.78 is 19.0. The molecule has 0 aliphatic heterocycles. The number of ketones is 1. The van der Waals surface area contributed by atoms with Crippen molar-refractivity contribution < 1.29 is 13.6 Å². The molecule has 0 amide bonds. The van der Waals surface area contributed by atoms with E-state index in [1.165, 1.54) is 12.1 Å². The molecule has 0 saturated carbocycles. The van der Waals surface area contributed by atoms with Crippen molar-refractivity contribution in [3.8, 4) is 0 Å². The fourth-order valence-electron chi connectivity index (χ4n) is 2.33. The van der Waals surface area contributed by atoms with Crippen LogP contribution in [0.25, 0.3) is 0 Å². The van der Waals surface area contributed by atoms with Crippen LogP contribution in [-0.2, 0) is 6.54 Å². The quantitative estimate of drug-likeness (QED) is 0.728. The summed E-state index contributed by atoms with van der Waals surface area (Å²) in [5.74, 6) is -0.0198. The van der Waals surface area contributed by atoms with Crippen LogP contribution >= 0.6 is 0 Å². The number of halogens is 1. The van der Waals surface area contributed by atoms with Gasteiger partial charge in [0.05, 0.1) is 18.4 Å². The maximum atomic E-state index is 13.7. The number of hydrogen-bond donors (Lipinski definition) is 0. The molecule has 112 valence electrons. The summed E-state index contributed by atoms with van der Waals surface area (Å²) in [4.78, 5) is 14.4. The number of rotatable bonds is 7. The molecular formula is C17H20FNO2. The predicted octanol–water partition coefficient (Wildman–Crippen LogP) is 3.76. The number of benzene rings is 1. The molecule has 0 spiro atoms. The molecule has 21 heavy (non-hydrogen) atoms. The Morgan fingerprint density at radius 1 is 1.29 bits per heavy atom. The third-order valence-corrected chi connectivity index (χ3v) is 3.53. The van der Waals surface area contributed by atoms with Crippen molar-refractivity contribution in [3.05, 3.63) is 59.8 Å². The highest BCUT2D eigenvalue weighted by atomic mass is 19.1. The third kappa shape index (κ3) is 4.02. The highest BCUT2D eigenvalue weighted by molar-refractivity contribution is 5.98. The zero-order valence-corrected chi connectivity index (χ0v) is 12.4. The lowest BCUT2D eigenvalue weighted by Crippen LogP contribution is -2.31. The Labute approximate surface area is 124 Å². The van der Waals surface area contributed by atoms with Gasteiger partial charge in [-0.25, -0.2) is 4.39 Å². The Hall–Kier alpha value is -1.94. The van der Waals surface area contributed by atoms with E-state index in [1.807, 2.05) is 26.0 Å². The highest BCUT2D eigenvalue weighted by Gasteiger charge is 2.20. The fourth-order valence-corrected chi connectivity index (χ4v) is 2.33. The van der Waals surface area contributed by atoms with Gasteiger partial charge in [-0.15, -0.1) is 0 Å². The van der Waals surface area contributed by atoms with Crippen LogP contribution in [0.1, 0.15) is 30.0 Å². The van der Waals surface area contributed by atoms with Crippen molar-refractivity contribution in [1.29, 1.82) is 0 Å². The van der Waals surface area contributed by atoms with Crippen molar-refractivity contribution in [2.45, 2.75) is 20.4 Å². The molecule has 1 unspecified atom stereocenters. The molecule has 2 rings (SSSR count). The van der Waals surface area contributed by atoms with E-state index in [-0.39, 0.29) is 17.3 Å². The first kappa shape index (κ1) is 15.4. The second-order valence-corrected chi connectivity index (χ2v) is 5.15. The minimum absolute atomic E-state index is 0.161. The molecule has 1 aromatic heterocycles. The summed E-state index contributed by atoms with van der Waals surface area (Å²) in [6, 6.07) is 9.88. The molecule has 0 radical (unpaired) electrons. The van der Waals surface area contributed by atoms with Gasteiger partial charge in [0.1, 0.15) is 11.6 Å². The molecule has 4 heteroatoms. The van der Waals surface area contributed by atoms with Crippen LogP contribution < -0.4 is 0 Å². The number of carbonyl (C=O) groups is 1. The Bertz CT molecular complexity index is 580. The summed E-state index contributed by atoms with van der Waals surface area (Å²) in [5, 5.41) is 0. The molecule has 0 fully saturated rings. The van der Waals surface area contributed by atoms with E-state index < -0.39 is 5.82 Å². The zero-order chi connectivity index (χ0) is 15.2. The summed E-state index contributed by atoms with van der Waals surface area (Å²) >= 11 is 0. The second-order valence-electron chi connectivity index (χ2n) is 5.15. The van der Waals surface area contributed by atoms with E-state index in [9.17, 15) is 9.18 Å². The first-order valence-electron chi connectivity index (χ1n) is 7.15. The van der Waals surface area contributed by atoms with Crippen LogP contribution in [0.5, 0.6) is 0 Å². The predicted molar refractivity (Wildman–Crippen MR) is 79.6 cm³/mol. The molecule has 1 aromatic carbocycles. The van der Waals surface area contributed by atoms with Gasteiger partial charge in [-0.1, -0.05) is 26.0 Å². The van der Waals surface area contributed by atoms with Gasteiger partial charge in [0.2, 0.25) is 0 Å². The molecule has 3 nitrogen and oxygen atoms in total. The van der Waals surface area contributed by atoms with Crippen molar-refractivity contribution in [2.24, 2.45) is 5.92 Å². The molecule has 0 bridgehead atoms. The lowest BCUT2D eigenvalue weighted by Gasteiger charge is -2.22. The van der Waals surface area contributed by atoms with Gasteiger partial charge in [0.25, 0.3) is 0 Å². The average Bonchev–Trinajstić information content (AvgIpc) is 2.99. The number of Topliss-reactive ketones (excluding diaryl/α,β-unsaturated/α-hetero) is 1. The molecule has 0 aliphatic carbocycles. The summed E-state index contributed by atoms with van der Waals surface area (Å²) in [5.41, 5.74) is 0.166. The summed E-state index contributed by atoms with van der Waals surface area (Å²) in [7, 11) is 0. The van der Waals surface area contributed by atoms with E-state index in [4.69, 9.17) is 4.42 Å². The topological polar surface area (TPSA) is 33.5 Å². The number of hydrogen-bond acceptors (Lipinski definition) is 3. The molecule has 0 saturated heterocycles. The normalized spacial score (nSPS) is 12.6. The second kappa shape index (κ2) is 7.18. The minimum atomic E-state index is -0.455. The third-order valence-electron chi connectivity index (χ3n) is 3.53. The Morgan fingerprint density at radius 3 is 2.67 bits per heavy atom. The summed E-state index contributed by atoms with van der Waals surface area (Å²) in [6.07, 6.45) is 1.64. The number of carbonyl (C=O) groups excluding carboxylic acids is 1. The Morgan fingerprint density at radius 2 is 2.05 bits per heavy atom. The zero-order valence-electron chi connectivity index (χ0n) is 12.4. The molecule has 1 atom stereocenters. The summed E-state index contributed by atoms with van der Waals surface area (Å²) in [6.45, 7) is 5.89. The van der Waals surface area contributed by atoms with Gasteiger partial charge in [0, 0.05) is 12.5 Å². The number of furan rings is 1. The Kier molecular flexibility index (Phi) is 5.28. The fraction of sp³-hybridized carbons (Fsp3) is 0.353. The Balaban J connectivity index is 2.00. The maximum absolute atomic E-state index is 13.7. The van der Waals surface area contributed by atoms with Crippen molar-refractivity contribution >= 4 is 5.78 Å². The smallest absolute Gasteiger partial charge is 0.169 e. The molecule has 1 heterocycles. The number of nitrogens with zero attached hydrogens (tertiary/aromatic N) is 1. The van der Waals surface area contributed by atoms with E-state index in [1.54, 1.807) is 18.4 Å². The van der Waals surface area contributed by atoms with E-state index >= 15 is 0 Å². The lowest BCUT2D eigenvalue weighted by molar-refractivity contribution is 0.0885. The van der Waals surface area contributed by atoms with Crippen LogP contribution in [0.2, 0.25) is 0 Å². The molecule has 0 aliphatic rings. The van der Waals surface area contributed by atoms with E-state index in [2.05, 4.69) is 4.90 Å². The van der Waals surface area contributed by atoms with E-state index in [0.717, 1.165) is 12.3 Å². The minimum Gasteiger partial charge on any atom is -0.468 e. The molecular weight excluding hydrogens is 269 g/mol. The van der Waals surface area contributed by atoms with Crippen molar-refractivity contribution in [3.63, 3.8) is 0 Å².